The van der Waals surface area contributed by atoms with Gasteiger partial charge >= 0.3 is 12.1 Å². The standard InChI is InChI=1S/C18H19NO4S/c1-2-22-17(20)16-11-10-15(24-16)9-6-12-19-18(21)23-13-14-7-4-3-5-8-14/h3-11H,2,12-13H2,1H3,(H,19,21). The Labute approximate surface area is 144 Å². The predicted molar refractivity (Wildman–Crippen MR) is 93.9 cm³/mol. The van der Waals surface area contributed by atoms with Crippen molar-refractivity contribution in [2.45, 2.75) is 13.5 Å². The van der Waals surface area contributed by atoms with E-state index >= 15 is 0 Å². The summed E-state index contributed by atoms with van der Waals surface area (Å²) in [6.45, 7) is 2.72. The van der Waals surface area contributed by atoms with Crippen molar-refractivity contribution in [1.82, 2.24) is 5.32 Å². The summed E-state index contributed by atoms with van der Waals surface area (Å²) in [6, 6.07) is 13.0. The number of hydrogen-bond acceptors (Lipinski definition) is 5. The van der Waals surface area contributed by atoms with Crippen molar-refractivity contribution in [2.24, 2.45) is 0 Å². The minimum absolute atomic E-state index is 0.240. The number of benzene rings is 1. The second kappa shape index (κ2) is 9.52. The molecule has 2 rings (SSSR count). The molecule has 0 unspecified atom stereocenters. The smallest absolute Gasteiger partial charge is 0.407 e. The van der Waals surface area contributed by atoms with Gasteiger partial charge in [-0.15, -0.1) is 11.3 Å². The highest BCUT2D eigenvalue weighted by Gasteiger charge is 2.08. The highest BCUT2D eigenvalue weighted by Crippen LogP contribution is 2.18. The van der Waals surface area contributed by atoms with E-state index in [1.54, 1.807) is 19.1 Å². The molecule has 1 heterocycles. The van der Waals surface area contributed by atoms with Crippen LogP contribution in [-0.2, 0) is 16.1 Å². The van der Waals surface area contributed by atoms with Gasteiger partial charge in [0.2, 0.25) is 0 Å². The molecule has 6 heteroatoms. The van der Waals surface area contributed by atoms with Crippen LogP contribution in [0.25, 0.3) is 6.08 Å². The van der Waals surface area contributed by atoms with Crippen LogP contribution in [0.2, 0.25) is 0 Å². The summed E-state index contributed by atoms with van der Waals surface area (Å²) in [5.41, 5.74) is 0.938. The Hall–Kier alpha value is -2.60. The molecule has 0 aliphatic heterocycles. The molecule has 24 heavy (non-hydrogen) atoms. The molecule has 5 nitrogen and oxygen atoms in total. The number of esters is 1. The number of hydrogen-bond donors (Lipinski definition) is 1. The lowest BCUT2D eigenvalue weighted by molar-refractivity contribution is 0.0532. The summed E-state index contributed by atoms with van der Waals surface area (Å²) >= 11 is 1.34. The Morgan fingerprint density at radius 3 is 2.67 bits per heavy atom. The Bertz CT molecular complexity index is 694. The number of amides is 1. The summed E-state index contributed by atoms with van der Waals surface area (Å²) in [6.07, 6.45) is 3.16. The fourth-order valence-corrected chi connectivity index (χ4v) is 2.68. The fourth-order valence-electron chi connectivity index (χ4n) is 1.85. The van der Waals surface area contributed by atoms with Crippen molar-refractivity contribution in [3.63, 3.8) is 0 Å². The van der Waals surface area contributed by atoms with Gasteiger partial charge in [-0.2, -0.15) is 0 Å². The van der Waals surface area contributed by atoms with Crippen molar-refractivity contribution in [3.8, 4) is 0 Å². The fraction of sp³-hybridized carbons (Fsp3) is 0.222. The molecule has 0 radical (unpaired) electrons. The molecule has 0 saturated carbocycles. The lowest BCUT2D eigenvalue weighted by Crippen LogP contribution is -2.24. The van der Waals surface area contributed by atoms with Gasteiger partial charge in [0.05, 0.1) is 6.61 Å². The van der Waals surface area contributed by atoms with Crippen LogP contribution in [0, 0.1) is 0 Å². The van der Waals surface area contributed by atoms with E-state index in [2.05, 4.69) is 5.32 Å². The lowest BCUT2D eigenvalue weighted by Gasteiger charge is -2.05. The number of nitrogens with one attached hydrogen (secondary N) is 1. The largest absolute Gasteiger partial charge is 0.462 e. The molecular weight excluding hydrogens is 326 g/mol. The Morgan fingerprint density at radius 1 is 1.12 bits per heavy atom. The summed E-state index contributed by atoms with van der Waals surface area (Å²) in [5.74, 6) is -0.315. The van der Waals surface area contributed by atoms with Crippen LogP contribution in [0.3, 0.4) is 0 Å². The van der Waals surface area contributed by atoms with Gasteiger partial charge < -0.3 is 14.8 Å². The minimum atomic E-state index is -0.470. The number of ether oxygens (including phenoxy) is 2. The first-order valence-electron chi connectivity index (χ1n) is 7.57. The van der Waals surface area contributed by atoms with Gasteiger partial charge in [0.1, 0.15) is 11.5 Å². The second-order valence-electron chi connectivity index (χ2n) is 4.77. The highest BCUT2D eigenvalue weighted by molar-refractivity contribution is 7.14. The van der Waals surface area contributed by atoms with Gasteiger partial charge in [0.15, 0.2) is 0 Å². The van der Waals surface area contributed by atoms with E-state index in [4.69, 9.17) is 9.47 Å². The van der Waals surface area contributed by atoms with Crippen LogP contribution in [-0.4, -0.2) is 25.2 Å². The zero-order valence-electron chi connectivity index (χ0n) is 13.4. The average molecular weight is 345 g/mol. The average Bonchev–Trinajstić information content (AvgIpc) is 3.07. The Kier molecular flexibility index (Phi) is 7.04. The van der Waals surface area contributed by atoms with Crippen LogP contribution in [0.1, 0.15) is 27.0 Å². The molecule has 0 saturated heterocycles. The molecule has 0 aliphatic rings. The van der Waals surface area contributed by atoms with Crippen LogP contribution < -0.4 is 5.32 Å². The van der Waals surface area contributed by atoms with Crippen LogP contribution in [0.15, 0.2) is 48.5 Å². The van der Waals surface area contributed by atoms with Gasteiger partial charge in [0.25, 0.3) is 0 Å². The van der Waals surface area contributed by atoms with Crippen molar-refractivity contribution in [2.75, 3.05) is 13.2 Å². The molecule has 1 N–H and O–H groups in total. The normalized spacial score (nSPS) is 10.5. The molecule has 0 fully saturated rings. The first kappa shape index (κ1) is 17.7. The third-order valence-corrected chi connectivity index (χ3v) is 3.99. The molecule has 2 aromatic rings. The minimum Gasteiger partial charge on any atom is -0.462 e. The number of carbonyl (C=O) groups excluding carboxylic acids is 2. The maximum Gasteiger partial charge on any atom is 0.407 e. The van der Waals surface area contributed by atoms with Gasteiger partial charge in [0, 0.05) is 11.4 Å². The second-order valence-corrected chi connectivity index (χ2v) is 5.88. The van der Waals surface area contributed by atoms with Gasteiger partial charge in [-0.25, -0.2) is 9.59 Å². The van der Waals surface area contributed by atoms with E-state index in [0.29, 0.717) is 18.0 Å². The quantitative estimate of drug-likeness (QED) is 0.774. The SMILES string of the molecule is CCOC(=O)c1ccc(C=CCNC(=O)OCc2ccccc2)s1. The monoisotopic (exact) mass is 345 g/mol. The molecule has 1 aromatic heterocycles. The van der Waals surface area contributed by atoms with E-state index in [0.717, 1.165) is 10.4 Å². The number of alkyl carbamates (subject to hydrolysis) is 1. The molecule has 0 aliphatic carbocycles. The van der Waals surface area contributed by atoms with Crippen LogP contribution in [0.4, 0.5) is 4.79 Å². The summed E-state index contributed by atoms with van der Waals surface area (Å²) in [5, 5.41) is 2.64. The molecular formula is C18H19NO4S. The molecule has 0 atom stereocenters. The van der Waals surface area contributed by atoms with Gasteiger partial charge in [-0.05, 0) is 30.7 Å². The topological polar surface area (TPSA) is 64.6 Å². The van der Waals surface area contributed by atoms with Crippen molar-refractivity contribution in [3.05, 3.63) is 63.9 Å². The Balaban J connectivity index is 1.70. The third-order valence-electron chi connectivity index (χ3n) is 2.96. The van der Waals surface area contributed by atoms with Crippen LogP contribution in [0.5, 0.6) is 0 Å². The predicted octanol–water partition coefficient (Wildman–Crippen LogP) is 3.86. The molecule has 0 bridgehead atoms. The summed E-state index contributed by atoms with van der Waals surface area (Å²) < 4.78 is 10.0. The van der Waals surface area contributed by atoms with E-state index in [-0.39, 0.29) is 12.6 Å². The Morgan fingerprint density at radius 2 is 1.92 bits per heavy atom. The number of rotatable bonds is 7. The number of thiophene rings is 1. The summed E-state index contributed by atoms with van der Waals surface area (Å²) in [7, 11) is 0. The van der Waals surface area contributed by atoms with E-state index in [1.165, 1.54) is 11.3 Å². The lowest BCUT2D eigenvalue weighted by atomic mass is 10.2. The summed E-state index contributed by atoms with van der Waals surface area (Å²) in [4.78, 5) is 24.6. The first-order valence-corrected chi connectivity index (χ1v) is 8.38. The molecule has 126 valence electrons. The highest BCUT2D eigenvalue weighted by atomic mass is 32.1. The molecule has 1 amide bonds. The number of carbonyl (C=O) groups is 2. The molecule has 1 aromatic carbocycles. The maximum atomic E-state index is 11.6. The van der Waals surface area contributed by atoms with Gasteiger partial charge in [-0.1, -0.05) is 36.4 Å². The van der Waals surface area contributed by atoms with Gasteiger partial charge in [-0.3, -0.25) is 0 Å². The van der Waals surface area contributed by atoms with Crippen molar-refractivity contribution < 1.29 is 19.1 Å². The molecule has 0 spiro atoms. The van der Waals surface area contributed by atoms with E-state index in [9.17, 15) is 9.59 Å². The van der Waals surface area contributed by atoms with Crippen molar-refractivity contribution in [1.29, 1.82) is 0 Å². The van der Waals surface area contributed by atoms with E-state index < -0.39 is 6.09 Å². The van der Waals surface area contributed by atoms with Crippen molar-refractivity contribution >= 4 is 29.5 Å². The zero-order chi connectivity index (χ0) is 17.2. The van der Waals surface area contributed by atoms with E-state index in [1.807, 2.05) is 42.5 Å². The van der Waals surface area contributed by atoms with Crippen LogP contribution >= 0.6 is 11.3 Å². The zero-order valence-corrected chi connectivity index (χ0v) is 14.2. The third kappa shape index (κ3) is 5.89. The maximum absolute atomic E-state index is 11.6. The first-order chi connectivity index (χ1) is 11.7.